The first-order valence-corrected chi connectivity index (χ1v) is 9.70. The van der Waals surface area contributed by atoms with E-state index in [1.54, 1.807) is 0 Å². The van der Waals surface area contributed by atoms with Crippen molar-refractivity contribution in [1.82, 2.24) is 14.8 Å². The van der Waals surface area contributed by atoms with Crippen LogP contribution < -0.4 is 0 Å². The number of H-pyrrole nitrogens is 1. The number of nitrogens with zero attached hydrogens (tertiary/aromatic N) is 2. The first kappa shape index (κ1) is 15.4. The van der Waals surface area contributed by atoms with Crippen molar-refractivity contribution >= 4 is 16.8 Å². The number of hydrogen-bond donors (Lipinski definition) is 1. The molecule has 1 N–H and O–H groups in total. The molecule has 1 saturated heterocycles. The first-order chi connectivity index (χ1) is 12.1. The maximum atomic E-state index is 13.1. The monoisotopic (exact) mass is 337 g/mol. The number of likely N-dealkylation sites (N-methyl/N-ethyl adjacent to an activating group) is 1. The van der Waals surface area contributed by atoms with E-state index in [1.807, 2.05) is 4.90 Å². The highest BCUT2D eigenvalue weighted by Gasteiger charge is 2.69. The van der Waals surface area contributed by atoms with Crippen LogP contribution in [-0.2, 0) is 16.6 Å². The van der Waals surface area contributed by atoms with E-state index in [1.165, 1.54) is 28.5 Å². The summed E-state index contributed by atoms with van der Waals surface area (Å²) in [7, 11) is 2.22. The lowest BCUT2D eigenvalue weighted by molar-refractivity contribution is -0.138. The molecule has 1 aromatic heterocycles. The van der Waals surface area contributed by atoms with Crippen molar-refractivity contribution < 1.29 is 4.79 Å². The normalized spacial score (nSPS) is 33.0. The number of carbonyl (C=O) groups excluding carboxylic acids is 1. The molecule has 4 atom stereocenters. The SMILES string of the molecule is CCN(CC)C(=O)[C@H]1CN(C)[C@@H]2Cc3c[nH]c4cccc(c34)[C@]23C[C@H]13. The van der Waals surface area contributed by atoms with E-state index in [9.17, 15) is 4.79 Å². The summed E-state index contributed by atoms with van der Waals surface area (Å²) in [6, 6.07) is 7.22. The van der Waals surface area contributed by atoms with Gasteiger partial charge in [0.25, 0.3) is 0 Å². The van der Waals surface area contributed by atoms with Gasteiger partial charge in [-0.2, -0.15) is 0 Å². The van der Waals surface area contributed by atoms with Crippen molar-refractivity contribution in [2.75, 3.05) is 26.7 Å². The number of amides is 1. The van der Waals surface area contributed by atoms with E-state index in [2.05, 4.69) is 55.2 Å². The average molecular weight is 337 g/mol. The standard InChI is InChI=1S/C21H27N3O/c1-4-24(5-2)20(25)14-12-23(3)18-9-13-11-22-17-8-6-7-15(19(13)17)21(18)10-16(14)21/h6-8,11,14,16,18,22H,4-5,9-10,12H2,1-3H3/t14-,16+,18+,21-/m0/s1. The number of aromatic nitrogens is 1. The predicted octanol–water partition coefficient (Wildman–Crippen LogP) is 2.78. The van der Waals surface area contributed by atoms with E-state index in [4.69, 9.17) is 0 Å². The van der Waals surface area contributed by atoms with Gasteiger partial charge in [-0.1, -0.05) is 12.1 Å². The number of likely N-dealkylation sites (tertiary alicyclic amines) is 1. The molecule has 0 bridgehead atoms. The molecule has 1 amide bonds. The fourth-order valence-corrected chi connectivity index (χ4v) is 6.01. The highest BCUT2D eigenvalue weighted by molar-refractivity contribution is 5.90. The van der Waals surface area contributed by atoms with Crippen LogP contribution >= 0.6 is 0 Å². The van der Waals surface area contributed by atoms with Gasteiger partial charge in [-0.15, -0.1) is 0 Å². The fourth-order valence-electron chi connectivity index (χ4n) is 6.01. The van der Waals surface area contributed by atoms with Crippen LogP contribution in [0.3, 0.4) is 0 Å². The summed E-state index contributed by atoms with van der Waals surface area (Å²) < 4.78 is 0. The molecule has 1 saturated carbocycles. The number of piperidine rings is 1. The van der Waals surface area contributed by atoms with Gasteiger partial charge in [-0.25, -0.2) is 0 Å². The van der Waals surface area contributed by atoms with Gasteiger partial charge in [0, 0.05) is 48.2 Å². The topological polar surface area (TPSA) is 39.3 Å². The fraction of sp³-hybridized carbons (Fsp3) is 0.571. The second-order valence-corrected chi connectivity index (χ2v) is 8.17. The number of benzene rings is 1. The molecule has 1 aromatic carbocycles. The molecule has 0 radical (unpaired) electrons. The highest BCUT2D eigenvalue weighted by atomic mass is 16.2. The molecular weight excluding hydrogens is 310 g/mol. The van der Waals surface area contributed by atoms with Crippen molar-refractivity contribution in [3.63, 3.8) is 0 Å². The minimum Gasteiger partial charge on any atom is -0.361 e. The van der Waals surface area contributed by atoms with Crippen LogP contribution in [0.2, 0.25) is 0 Å². The Hall–Kier alpha value is -1.81. The molecule has 2 aromatic rings. The smallest absolute Gasteiger partial charge is 0.227 e. The van der Waals surface area contributed by atoms with Crippen LogP contribution in [0.5, 0.6) is 0 Å². The predicted molar refractivity (Wildman–Crippen MR) is 99.6 cm³/mol. The summed E-state index contributed by atoms with van der Waals surface area (Å²) in [6.45, 7) is 6.72. The Balaban J connectivity index is 1.60. The molecule has 4 heteroatoms. The minimum absolute atomic E-state index is 0.150. The van der Waals surface area contributed by atoms with E-state index < -0.39 is 0 Å². The van der Waals surface area contributed by atoms with Gasteiger partial charge in [0.1, 0.15) is 0 Å². The lowest BCUT2D eigenvalue weighted by Gasteiger charge is -2.46. The van der Waals surface area contributed by atoms with Crippen molar-refractivity contribution in [2.24, 2.45) is 11.8 Å². The zero-order chi connectivity index (χ0) is 17.3. The minimum atomic E-state index is 0.150. The van der Waals surface area contributed by atoms with Crippen LogP contribution in [0.25, 0.3) is 10.9 Å². The molecule has 3 aliphatic rings. The molecular formula is C21H27N3O. The molecule has 25 heavy (non-hydrogen) atoms. The first-order valence-electron chi connectivity index (χ1n) is 9.70. The Kier molecular flexibility index (Phi) is 3.15. The second-order valence-electron chi connectivity index (χ2n) is 8.17. The van der Waals surface area contributed by atoms with Crippen molar-refractivity contribution in [1.29, 1.82) is 0 Å². The van der Waals surface area contributed by atoms with Gasteiger partial charge < -0.3 is 14.8 Å². The lowest BCUT2D eigenvalue weighted by Crippen LogP contribution is -2.55. The maximum absolute atomic E-state index is 13.1. The molecule has 0 unspecified atom stereocenters. The summed E-state index contributed by atoms with van der Waals surface area (Å²) in [6.07, 6.45) is 4.47. The van der Waals surface area contributed by atoms with Gasteiger partial charge in [-0.3, -0.25) is 4.79 Å². The number of hydrogen-bond acceptors (Lipinski definition) is 2. The van der Waals surface area contributed by atoms with E-state index in [0.29, 0.717) is 17.9 Å². The molecule has 1 aliphatic heterocycles. The Morgan fingerprint density at radius 3 is 2.92 bits per heavy atom. The van der Waals surface area contributed by atoms with E-state index >= 15 is 0 Å². The molecule has 132 valence electrons. The Labute approximate surface area is 149 Å². The Morgan fingerprint density at radius 1 is 1.36 bits per heavy atom. The molecule has 2 fully saturated rings. The summed E-state index contributed by atoms with van der Waals surface area (Å²) in [4.78, 5) is 21.1. The van der Waals surface area contributed by atoms with Gasteiger partial charge in [0.15, 0.2) is 0 Å². The molecule has 2 heterocycles. The van der Waals surface area contributed by atoms with Crippen molar-refractivity contribution in [2.45, 2.75) is 38.1 Å². The summed E-state index contributed by atoms with van der Waals surface area (Å²) in [5, 5.41) is 1.44. The largest absolute Gasteiger partial charge is 0.361 e. The van der Waals surface area contributed by atoms with Crippen LogP contribution in [0, 0.1) is 11.8 Å². The van der Waals surface area contributed by atoms with E-state index in [0.717, 1.165) is 26.1 Å². The molecule has 1 spiro atoms. The van der Waals surface area contributed by atoms with Crippen LogP contribution in [0.4, 0.5) is 0 Å². The number of rotatable bonds is 3. The second kappa shape index (κ2) is 5.10. The number of carbonyl (C=O) groups is 1. The Bertz CT molecular complexity index is 852. The number of nitrogens with one attached hydrogen (secondary N) is 1. The zero-order valence-electron chi connectivity index (χ0n) is 15.4. The van der Waals surface area contributed by atoms with Gasteiger partial charge in [-0.05, 0) is 56.8 Å². The van der Waals surface area contributed by atoms with Crippen molar-refractivity contribution in [3.8, 4) is 0 Å². The van der Waals surface area contributed by atoms with Crippen LogP contribution in [-0.4, -0.2) is 53.4 Å². The molecule has 2 aliphatic carbocycles. The lowest BCUT2D eigenvalue weighted by atomic mass is 9.71. The van der Waals surface area contributed by atoms with Gasteiger partial charge in [0.2, 0.25) is 5.91 Å². The van der Waals surface area contributed by atoms with Crippen molar-refractivity contribution in [3.05, 3.63) is 35.5 Å². The quantitative estimate of drug-likeness (QED) is 0.935. The maximum Gasteiger partial charge on any atom is 0.227 e. The third-order valence-electron chi connectivity index (χ3n) is 7.25. The third kappa shape index (κ3) is 1.84. The number of aromatic amines is 1. The van der Waals surface area contributed by atoms with E-state index in [-0.39, 0.29) is 11.3 Å². The summed E-state index contributed by atoms with van der Waals surface area (Å²) in [5.74, 6) is 1.02. The molecule has 4 nitrogen and oxygen atoms in total. The zero-order valence-corrected chi connectivity index (χ0v) is 15.4. The third-order valence-corrected chi connectivity index (χ3v) is 7.25. The Morgan fingerprint density at radius 2 is 2.16 bits per heavy atom. The van der Waals surface area contributed by atoms with Crippen LogP contribution in [0.1, 0.15) is 31.4 Å². The van der Waals surface area contributed by atoms with Gasteiger partial charge >= 0.3 is 0 Å². The summed E-state index contributed by atoms with van der Waals surface area (Å²) >= 11 is 0. The van der Waals surface area contributed by atoms with Gasteiger partial charge in [0.05, 0.1) is 5.92 Å². The average Bonchev–Trinajstić information content (AvgIpc) is 3.23. The molecule has 5 rings (SSSR count). The highest BCUT2D eigenvalue weighted by Crippen LogP contribution is 2.67. The van der Waals surface area contributed by atoms with Crippen LogP contribution in [0.15, 0.2) is 24.4 Å². The summed E-state index contributed by atoms with van der Waals surface area (Å²) in [5.41, 5.74) is 4.39.